The van der Waals surface area contributed by atoms with Crippen molar-refractivity contribution in [3.05, 3.63) is 65.9 Å². The molecular formula is C29H27N5O5S. The molecule has 0 bridgehead atoms. The molecule has 4 aromatic rings. The Kier molecular flexibility index (Phi) is 7.04. The number of hydrogen-bond acceptors (Lipinski definition) is 7. The molecule has 2 N–H and O–H groups in total. The monoisotopic (exact) mass is 557 g/mol. The number of nitrogens with one attached hydrogen (secondary N) is 1. The van der Waals surface area contributed by atoms with Crippen molar-refractivity contribution in [1.82, 2.24) is 14.9 Å². The summed E-state index contributed by atoms with van der Waals surface area (Å²) < 4.78 is 6.71. The number of carbonyl (C=O) groups excluding carboxylic acids is 2. The lowest BCUT2D eigenvalue weighted by molar-refractivity contribution is -0.128. The lowest BCUT2D eigenvalue weighted by atomic mass is 9.98. The van der Waals surface area contributed by atoms with E-state index in [0.29, 0.717) is 42.4 Å². The summed E-state index contributed by atoms with van der Waals surface area (Å²) in [5.41, 5.74) is 3.57. The molecule has 204 valence electrons. The minimum Gasteiger partial charge on any atom is -0.489 e. The fourth-order valence-electron chi connectivity index (χ4n) is 5.11. The molecule has 0 aliphatic carbocycles. The van der Waals surface area contributed by atoms with E-state index in [1.54, 1.807) is 21.9 Å². The van der Waals surface area contributed by atoms with Crippen LogP contribution in [-0.2, 0) is 11.2 Å². The van der Waals surface area contributed by atoms with E-state index in [4.69, 9.17) is 4.74 Å². The van der Waals surface area contributed by atoms with Crippen LogP contribution in [0.25, 0.3) is 21.5 Å². The van der Waals surface area contributed by atoms with Crippen molar-refractivity contribution < 1.29 is 24.2 Å². The third-order valence-corrected chi connectivity index (χ3v) is 8.06. The summed E-state index contributed by atoms with van der Waals surface area (Å²) in [6.07, 6.45) is 3.03. The van der Waals surface area contributed by atoms with Crippen molar-refractivity contribution in [3.63, 3.8) is 0 Å². The smallest absolute Gasteiger partial charge is 0.358 e. The number of aromatic nitrogens is 2. The number of aryl methyl sites for hydroxylation is 1. The van der Waals surface area contributed by atoms with Crippen LogP contribution < -0.4 is 15.0 Å². The van der Waals surface area contributed by atoms with Gasteiger partial charge in [-0.25, -0.2) is 19.6 Å². The molecule has 2 aromatic heterocycles. The van der Waals surface area contributed by atoms with Gasteiger partial charge in [-0.1, -0.05) is 35.6 Å². The van der Waals surface area contributed by atoms with Crippen molar-refractivity contribution in [2.75, 3.05) is 36.5 Å². The molecular weight excluding hydrogens is 530 g/mol. The number of anilines is 2. The van der Waals surface area contributed by atoms with E-state index in [2.05, 4.69) is 15.3 Å². The van der Waals surface area contributed by atoms with Crippen LogP contribution in [0.15, 0.2) is 54.6 Å². The Morgan fingerprint density at radius 1 is 1.02 bits per heavy atom. The molecule has 0 radical (unpaired) electrons. The van der Waals surface area contributed by atoms with E-state index in [9.17, 15) is 19.5 Å². The second-order valence-electron chi connectivity index (χ2n) is 9.70. The molecule has 6 rings (SSSR count). The molecule has 1 saturated heterocycles. The van der Waals surface area contributed by atoms with Gasteiger partial charge in [-0.3, -0.25) is 15.0 Å². The second kappa shape index (κ2) is 10.9. The van der Waals surface area contributed by atoms with Crippen molar-refractivity contribution in [2.45, 2.75) is 25.7 Å². The van der Waals surface area contributed by atoms with Gasteiger partial charge >= 0.3 is 12.0 Å². The van der Waals surface area contributed by atoms with Gasteiger partial charge < -0.3 is 14.7 Å². The molecule has 0 atom stereocenters. The fourth-order valence-corrected chi connectivity index (χ4v) is 5.97. The number of para-hydroxylation sites is 1. The first-order chi connectivity index (χ1) is 19.5. The molecule has 4 heterocycles. The molecule has 3 amide bonds. The number of ether oxygens (including phenoxy) is 1. The van der Waals surface area contributed by atoms with Gasteiger partial charge in [-0.2, -0.15) is 0 Å². The number of pyridine rings is 1. The quantitative estimate of drug-likeness (QED) is 0.326. The van der Waals surface area contributed by atoms with Crippen LogP contribution in [-0.4, -0.2) is 64.1 Å². The summed E-state index contributed by atoms with van der Waals surface area (Å²) in [4.78, 5) is 49.5. The van der Waals surface area contributed by atoms with E-state index in [1.165, 1.54) is 11.3 Å². The summed E-state index contributed by atoms with van der Waals surface area (Å²) in [5.74, 6) is -0.965. The lowest BCUT2D eigenvalue weighted by Gasteiger charge is -2.29. The SMILES string of the molecule is O=C(O)c1nc(-c2ccc3c(c2)N(C(=O)Nc2nc4ccccc4s2)CCC3)ccc1OCCN1CCCC1=O. The van der Waals surface area contributed by atoms with Gasteiger partial charge in [0.15, 0.2) is 16.6 Å². The number of amides is 3. The summed E-state index contributed by atoms with van der Waals surface area (Å²) >= 11 is 1.42. The molecule has 2 aliphatic rings. The molecule has 0 unspecified atom stereocenters. The predicted octanol–water partition coefficient (Wildman–Crippen LogP) is 5.04. The highest BCUT2D eigenvalue weighted by molar-refractivity contribution is 7.22. The molecule has 1 fully saturated rings. The molecule has 40 heavy (non-hydrogen) atoms. The number of fused-ring (bicyclic) bond motifs is 2. The van der Waals surface area contributed by atoms with Crippen LogP contribution in [0, 0.1) is 0 Å². The summed E-state index contributed by atoms with van der Waals surface area (Å²) in [6.45, 7) is 1.83. The lowest BCUT2D eigenvalue weighted by Crippen LogP contribution is -2.38. The Hall–Kier alpha value is -4.51. The predicted molar refractivity (Wildman–Crippen MR) is 152 cm³/mol. The maximum atomic E-state index is 13.3. The average molecular weight is 558 g/mol. The van der Waals surface area contributed by atoms with Crippen molar-refractivity contribution in [3.8, 4) is 17.0 Å². The Bertz CT molecular complexity index is 1590. The number of thiazole rings is 1. The Balaban J connectivity index is 1.22. The fraction of sp³-hybridized carbons (Fsp3) is 0.276. The van der Waals surface area contributed by atoms with Crippen LogP contribution in [0.5, 0.6) is 5.75 Å². The zero-order chi connectivity index (χ0) is 27.6. The topological polar surface area (TPSA) is 125 Å². The third kappa shape index (κ3) is 5.20. The zero-order valence-corrected chi connectivity index (χ0v) is 22.4. The summed E-state index contributed by atoms with van der Waals surface area (Å²) in [5, 5.41) is 13.3. The first kappa shape index (κ1) is 25.8. The molecule has 2 aliphatic heterocycles. The van der Waals surface area contributed by atoms with Gasteiger partial charge in [0.05, 0.1) is 22.5 Å². The number of rotatable bonds is 7. The standard InChI is InChI=1S/C29H27N5O5S/c35-25-8-4-13-33(25)15-16-39-23-12-11-20(30-26(23)27(36)37)19-10-9-18-5-3-14-34(22(18)17-19)29(38)32-28-31-21-6-1-2-7-24(21)40-28/h1-2,6-7,9-12,17H,3-5,8,13-16H2,(H,36,37)(H,31,32,38). The normalized spacial score (nSPS) is 14.8. The van der Waals surface area contributed by atoms with Crippen molar-refractivity contribution in [1.29, 1.82) is 0 Å². The highest BCUT2D eigenvalue weighted by Crippen LogP contribution is 2.34. The molecule has 0 spiro atoms. The van der Waals surface area contributed by atoms with Gasteiger partial charge in [-0.05, 0) is 55.2 Å². The summed E-state index contributed by atoms with van der Waals surface area (Å²) in [6, 6.07) is 16.5. The van der Waals surface area contributed by atoms with Crippen LogP contribution in [0.1, 0.15) is 35.3 Å². The van der Waals surface area contributed by atoms with Gasteiger partial charge in [0.25, 0.3) is 0 Å². The van der Waals surface area contributed by atoms with Gasteiger partial charge in [-0.15, -0.1) is 0 Å². The highest BCUT2D eigenvalue weighted by Gasteiger charge is 2.25. The Morgan fingerprint density at radius 3 is 2.67 bits per heavy atom. The van der Waals surface area contributed by atoms with E-state index < -0.39 is 5.97 Å². The number of carboxylic acids is 1. The number of benzene rings is 2. The number of urea groups is 1. The average Bonchev–Trinajstić information content (AvgIpc) is 3.57. The van der Waals surface area contributed by atoms with E-state index in [1.807, 2.05) is 42.5 Å². The highest BCUT2D eigenvalue weighted by atomic mass is 32.1. The van der Waals surface area contributed by atoms with Crippen LogP contribution in [0.4, 0.5) is 15.6 Å². The first-order valence-electron chi connectivity index (χ1n) is 13.2. The number of aromatic carboxylic acids is 1. The van der Waals surface area contributed by atoms with E-state index >= 15 is 0 Å². The molecule has 2 aromatic carbocycles. The van der Waals surface area contributed by atoms with Crippen LogP contribution >= 0.6 is 11.3 Å². The minimum atomic E-state index is -1.20. The molecule has 11 heteroatoms. The Morgan fingerprint density at radius 2 is 1.88 bits per heavy atom. The minimum absolute atomic E-state index is 0.0887. The Labute approximate surface area is 234 Å². The first-order valence-corrected chi connectivity index (χ1v) is 14.0. The number of likely N-dealkylation sites (tertiary alicyclic amines) is 1. The largest absolute Gasteiger partial charge is 0.489 e. The van der Waals surface area contributed by atoms with Crippen molar-refractivity contribution in [2.24, 2.45) is 0 Å². The zero-order valence-electron chi connectivity index (χ0n) is 21.6. The number of carbonyl (C=O) groups is 3. The summed E-state index contributed by atoms with van der Waals surface area (Å²) in [7, 11) is 0. The second-order valence-corrected chi connectivity index (χ2v) is 10.7. The number of hydrogen-bond donors (Lipinski definition) is 2. The van der Waals surface area contributed by atoms with E-state index in [0.717, 1.165) is 40.7 Å². The van der Waals surface area contributed by atoms with Crippen molar-refractivity contribution >= 4 is 50.3 Å². The van der Waals surface area contributed by atoms with Gasteiger partial charge in [0.1, 0.15) is 6.61 Å². The number of carboxylic acid groups (broad SMARTS) is 1. The van der Waals surface area contributed by atoms with Crippen LogP contribution in [0.3, 0.4) is 0 Å². The maximum absolute atomic E-state index is 13.3. The third-order valence-electron chi connectivity index (χ3n) is 7.10. The number of nitrogens with zero attached hydrogens (tertiary/aromatic N) is 4. The van der Waals surface area contributed by atoms with Gasteiger partial charge in [0, 0.05) is 30.8 Å². The van der Waals surface area contributed by atoms with Crippen LogP contribution in [0.2, 0.25) is 0 Å². The molecule has 10 nitrogen and oxygen atoms in total. The van der Waals surface area contributed by atoms with Gasteiger partial charge in [0.2, 0.25) is 5.91 Å². The molecule has 0 saturated carbocycles. The van der Waals surface area contributed by atoms with E-state index in [-0.39, 0.29) is 30.0 Å². The maximum Gasteiger partial charge on any atom is 0.358 e.